The molecule has 0 amide bonds. The van der Waals surface area contributed by atoms with E-state index in [-0.39, 0.29) is 5.04 Å². The first-order chi connectivity index (χ1) is 11.7. The molecule has 1 aliphatic rings. The molecule has 0 saturated carbocycles. The van der Waals surface area contributed by atoms with E-state index < -0.39 is 8.32 Å². The Morgan fingerprint density at radius 2 is 1.72 bits per heavy atom. The lowest BCUT2D eigenvalue weighted by Crippen LogP contribution is -2.43. The second kappa shape index (κ2) is 6.38. The summed E-state index contributed by atoms with van der Waals surface area (Å²) in [5, 5.41) is 0.179. The summed E-state index contributed by atoms with van der Waals surface area (Å²) < 4.78 is 12.2. The predicted molar refractivity (Wildman–Crippen MR) is 108 cm³/mol. The third kappa shape index (κ3) is 3.38. The molecule has 2 aromatic rings. The third-order valence-electron chi connectivity index (χ3n) is 5.46. The Kier molecular flexibility index (Phi) is 4.54. The SMILES string of the molecule is CO/C(=C1/Cc2ccccc21)c1cccc(O[Si](C)(C)C(C)(C)C)c1. The van der Waals surface area contributed by atoms with Crippen LogP contribution in [-0.2, 0) is 11.2 Å². The monoisotopic (exact) mass is 352 g/mol. The zero-order valence-corrected chi connectivity index (χ0v) is 17.1. The van der Waals surface area contributed by atoms with Gasteiger partial charge < -0.3 is 9.16 Å². The molecule has 0 unspecified atom stereocenters. The molecule has 1 aliphatic carbocycles. The summed E-state index contributed by atoms with van der Waals surface area (Å²) in [6.45, 7) is 11.3. The topological polar surface area (TPSA) is 18.5 Å². The maximum absolute atomic E-state index is 6.46. The quantitative estimate of drug-likeness (QED) is 0.486. The summed E-state index contributed by atoms with van der Waals surface area (Å²) in [6.07, 6.45) is 0.965. The van der Waals surface area contributed by atoms with Gasteiger partial charge in [-0.3, -0.25) is 0 Å². The molecule has 2 nitrogen and oxygen atoms in total. The van der Waals surface area contributed by atoms with Crippen LogP contribution in [0.3, 0.4) is 0 Å². The highest BCUT2D eigenvalue weighted by atomic mass is 28.4. The van der Waals surface area contributed by atoms with Crippen LogP contribution >= 0.6 is 0 Å². The number of hydrogen-bond acceptors (Lipinski definition) is 2. The van der Waals surface area contributed by atoms with Crippen LogP contribution < -0.4 is 4.43 Å². The lowest BCUT2D eigenvalue weighted by molar-refractivity contribution is 0.370. The van der Waals surface area contributed by atoms with E-state index in [2.05, 4.69) is 82.4 Å². The van der Waals surface area contributed by atoms with Crippen molar-refractivity contribution in [1.82, 2.24) is 0 Å². The van der Waals surface area contributed by atoms with Crippen molar-refractivity contribution < 1.29 is 9.16 Å². The molecule has 0 atom stereocenters. The van der Waals surface area contributed by atoms with Crippen LogP contribution in [0.4, 0.5) is 0 Å². The van der Waals surface area contributed by atoms with Crippen LogP contribution in [0, 0.1) is 0 Å². The minimum absolute atomic E-state index is 0.179. The fraction of sp³-hybridized carbons (Fsp3) is 0.364. The first-order valence-electron chi connectivity index (χ1n) is 8.88. The van der Waals surface area contributed by atoms with E-state index >= 15 is 0 Å². The number of fused-ring (bicyclic) bond motifs is 1. The summed E-state index contributed by atoms with van der Waals surface area (Å²) in [6, 6.07) is 16.9. The second-order valence-corrected chi connectivity index (χ2v) is 13.0. The normalized spacial score (nSPS) is 15.9. The molecule has 0 aliphatic heterocycles. The van der Waals surface area contributed by atoms with Gasteiger partial charge >= 0.3 is 0 Å². The van der Waals surface area contributed by atoms with E-state index in [4.69, 9.17) is 9.16 Å². The minimum atomic E-state index is -1.85. The molecule has 0 aromatic heterocycles. The molecule has 3 heteroatoms. The van der Waals surface area contributed by atoms with Crippen molar-refractivity contribution in [3.05, 3.63) is 65.2 Å². The summed E-state index contributed by atoms with van der Waals surface area (Å²) in [5.41, 5.74) is 5.06. The van der Waals surface area contributed by atoms with Gasteiger partial charge in [0.2, 0.25) is 8.32 Å². The van der Waals surface area contributed by atoms with Gasteiger partial charge in [-0.15, -0.1) is 0 Å². The fourth-order valence-electron chi connectivity index (χ4n) is 2.91. The van der Waals surface area contributed by atoms with E-state index in [0.717, 1.165) is 23.5 Å². The highest BCUT2D eigenvalue weighted by Gasteiger charge is 2.39. The van der Waals surface area contributed by atoms with Crippen LogP contribution in [0.15, 0.2) is 48.5 Å². The first-order valence-corrected chi connectivity index (χ1v) is 11.8. The first kappa shape index (κ1) is 17.8. The molecular formula is C22H28O2Si. The van der Waals surface area contributed by atoms with Crippen molar-refractivity contribution in [2.24, 2.45) is 0 Å². The molecule has 0 bridgehead atoms. The van der Waals surface area contributed by atoms with Gasteiger partial charge in [0.05, 0.1) is 7.11 Å². The molecule has 3 rings (SSSR count). The Balaban J connectivity index is 1.94. The van der Waals surface area contributed by atoms with Crippen molar-refractivity contribution >= 4 is 19.6 Å². The maximum Gasteiger partial charge on any atom is 0.250 e. The summed E-state index contributed by atoms with van der Waals surface area (Å²) in [7, 11) is -0.0951. The third-order valence-corrected chi connectivity index (χ3v) is 9.82. The van der Waals surface area contributed by atoms with Crippen molar-refractivity contribution in [2.45, 2.75) is 45.3 Å². The minimum Gasteiger partial charge on any atom is -0.543 e. The zero-order chi connectivity index (χ0) is 18.2. The predicted octanol–water partition coefficient (Wildman–Crippen LogP) is 6.14. The van der Waals surface area contributed by atoms with Crippen molar-refractivity contribution in [3.8, 4) is 5.75 Å². The van der Waals surface area contributed by atoms with Crippen molar-refractivity contribution in [2.75, 3.05) is 7.11 Å². The average molecular weight is 353 g/mol. The zero-order valence-electron chi connectivity index (χ0n) is 16.1. The summed E-state index contributed by atoms with van der Waals surface area (Å²) in [4.78, 5) is 0. The van der Waals surface area contributed by atoms with E-state index in [1.807, 2.05) is 0 Å². The largest absolute Gasteiger partial charge is 0.543 e. The Labute approximate surface area is 152 Å². The number of rotatable bonds is 4. The number of methoxy groups -OCH3 is 1. The Morgan fingerprint density at radius 1 is 1.00 bits per heavy atom. The smallest absolute Gasteiger partial charge is 0.250 e. The average Bonchev–Trinajstić information content (AvgIpc) is 2.51. The van der Waals surface area contributed by atoms with Crippen LogP contribution in [0.1, 0.15) is 37.5 Å². The molecular weight excluding hydrogens is 324 g/mol. The number of hydrogen-bond donors (Lipinski definition) is 0. The molecule has 0 spiro atoms. The fourth-order valence-corrected chi connectivity index (χ4v) is 3.94. The molecule has 0 N–H and O–H groups in total. The molecule has 25 heavy (non-hydrogen) atoms. The van der Waals surface area contributed by atoms with Gasteiger partial charge in [-0.05, 0) is 41.4 Å². The Hall–Kier alpha value is -2.00. The van der Waals surface area contributed by atoms with Crippen LogP contribution in [-0.4, -0.2) is 15.4 Å². The summed E-state index contributed by atoms with van der Waals surface area (Å²) >= 11 is 0. The highest BCUT2D eigenvalue weighted by Crippen LogP contribution is 2.41. The molecule has 2 aromatic carbocycles. The van der Waals surface area contributed by atoms with Gasteiger partial charge in [-0.2, -0.15) is 0 Å². The Morgan fingerprint density at radius 3 is 2.36 bits per heavy atom. The molecule has 0 saturated heterocycles. The maximum atomic E-state index is 6.46. The highest BCUT2D eigenvalue weighted by molar-refractivity contribution is 6.74. The summed E-state index contributed by atoms with van der Waals surface area (Å²) in [5.74, 6) is 1.89. The molecule has 0 heterocycles. The van der Waals surface area contributed by atoms with E-state index in [1.54, 1.807) is 7.11 Å². The van der Waals surface area contributed by atoms with E-state index in [1.165, 1.54) is 16.7 Å². The molecule has 0 radical (unpaired) electrons. The van der Waals surface area contributed by atoms with Crippen LogP contribution in [0.25, 0.3) is 11.3 Å². The van der Waals surface area contributed by atoms with Crippen LogP contribution in [0.5, 0.6) is 5.75 Å². The van der Waals surface area contributed by atoms with Gasteiger partial charge in [-0.25, -0.2) is 0 Å². The Bertz CT molecular complexity index is 813. The molecule has 132 valence electrons. The van der Waals surface area contributed by atoms with Gasteiger partial charge in [0.25, 0.3) is 0 Å². The van der Waals surface area contributed by atoms with Crippen molar-refractivity contribution in [3.63, 3.8) is 0 Å². The number of allylic oxidation sites excluding steroid dienone is 1. The van der Waals surface area contributed by atoms with Gasteiger partial charge in [-0.1, -0.05) is 57.2 Å². The van der Waals surface area contributed by atoms with E-state index in [0.29, 0.717) is 0 Å². The molecule has 0 fully saturated rings. The second-order valence-electron chi connectivity index (χ2n) is 8.24. The van der Waals surface area contributed by atoms with Gasteiger partial charge in [0.15, 0.2) is 0 Å². The van der Waals surface area contributed by atoms with Gasteiger partial charge in [0.1, 0.15) is 11.5 Å². The number of benzene rings is 2. The standard InChI is InChI=1S/C22H28O2Si/c1-22(2,3)25(5,6)24-18-12-9-11-17(14-18)21(23-4)20-15-16-10-7-8-13-19(16)20/h7-14H,15H2,1-6H3/b21-20-. The van der Waals surface area contributed by atoms with Gasteiger partial charge in [0, 0.05) is 17.6 Å². The lowest BCUT2D eigenvalue weighted by atomic mass is 9.81. The van der Waals surface area contributed by atoms with Crippen molar-refractivity contribution in [1.29, 1.82) is 0 Å². The van der Waals surface area contributed by atoms with Crippen LogP contribution in [0.2, 0.25) is 18.1 Å². The lowest BCUT2D eigenvalue weighted by Gasteiger charge is -2.36. The number of ether oxygens (including phenoxy) is 1. The van der Waals surface area contributed by atoms with E-state index in [9.17, 15) is 0 Å².